The number of nitrogens with one attached hydrogen (secondary N) is 1. The third-order valence-electron chi connectivity index (χ3n) is 5.60. The smallest absolute Gasteiger partial charge is 0.266 e. The van der Waals surface area contributed by atoms with Gasteiger partial charge in [0.05, 0.1) is 12.0 Å². The Balaban J connectivity index is 1.39. The lowest BCUT2D eigenvalue weighted by atomic mass is 10.1. The molecule has 6 nitrogen and oxygen atoms in total. The van der Waals surface area contributed by atoms with Gasteiger partial charge in [0.15, 0.2) is 18.1 Å². The molecule has 0 atom stereocenters. The molecule has 8 heteroatoms. The minimum atomic E-state index is -0.269. The number of carbonyl (C=O) groups excluding carboxylic acids is 2. The van der Waals surface area contributed by atoms with E-state index in [4.69, 9.17) is 21.7 Å². The third kappa shape index (κ3) is 6.33. The highest BCUT2D eigenvalue weighted by molar-refractivity contribution is 8.26. The lowest BCUT2D eigenvalue weighted by Crippen LogP contribution is -2.30. The van der Waals surface area contributed by atoms with Crippen LogP contribution in [0.5, 0.6) is 11.5 Å². The van der Waals surface area contributed by atoms with Crippen LogP contribution in [0.4, 0.5) is 5.69 Å². The van der Waals surface area contributed by atoms with Crippen LogP contribution in [-0.4, -0.2) is 41.3 Å². The summed E-state index contributed by atoms with van der Waals surface area (Å²) >= 11 is 6.74. The van der Waals surface area contributed by atoms with E-state index in [0.29, 0.717) is 27.3 Å². The first kappa shape index (κ1) is 25.5. The molecule has 0 bridgehead atoms. The van der Waals surface area contributed by atoms with E-state index < -0.39 is 0 Å². The highest BCUT2D eigenvalue weighted by atomic mass is 32.2. The molecule has 1 N–H and O–H groups in total. The molecule has 1 aliphatic rings. The van der Waals surface area contributed by atoms with E-state index in [-0.39, 0.29) is 18.4 Å². The summed E-state index contributed by atoms with van der Waals surface area (Å²) in [7, 11) is 1.53. The second-order valence-corrected chi connectivity index (χ2v) is 9.81. The van der Waals surface area contributed by atoms with E-state index >= 15 is 0 Å². The predicted molar refractivity (Wildman–Crippen MR) is 148 cm³/mol. The Hall–Kier alpha value is -3.62. The molecule has 4 rings (SSSR count). The van der Waals surface area contributed by atoms with Gasteiger partial charge in [0.2, 0.25) is 0 Å². The summed E-state index contributed by atoms with van der Waals surface area (Å²) in [6, 6.07) is 22.9. The zero-order valence-corrected chi connectivity index (χ0v) is 21.7. The van der Waals surface area contributed by atoms with Gasteiger partial charge >= 0.3 is 0 Å². The molecule has 1 aliphatic heterocycles. The number of ether oxygens (including phenoxy) is 2. The number of aryl methyl sites for hydroxylation is 1. The highest BCUT2D eigenvalue weighted by Crippen LogP contribution is 2.35. The van der Waals surface area contributed by atoms with Gasteiger partial charge in [-0.2, -0.15) is 0 Å². The van der Waals surface area contributed by atoms with Crippen molar-refractivity contribution >= 4 is 51.9 Å². The van der Waals surface area contributed by atoms with Crippen molar-refractivity contribution in [2.75, 3.05) is 25.6 Å². The monoisotopic (exact) mass is 518 g/mol. The highest BCUT2D eigenvalue weighted by Gasteiger charge is 2.31. The summed E-state index contributed by atoms with van der Waals surface area (Å²) in [5.74, 6) is 0.527. The summed E-state index contributed by atoms with van der Waals surface area (Å²) in [6.45, 7) is 2.30. The van der Waals surface area contributed by atoms with Gasteiger partial charge in [-0.25, -0.2) is 0 Å². The minimum absolute atomic E-state index is 0.104. The standard InChI is InChI=1S/C28H26N2O4S2/c1-19-8-6-7-11-22(19)29-26(31)18-34-23-13-12-21(16-24(23)33-2)17-25-27(32)30(28(35)36-25)15-14-20-9-4-3-5-10-20/h3-13,16-17H,14-15,18H2,1-2H3,(H,29,31)/b25-17-. The van der Waals surface area contributed by atoms with Gasteiger partial charge in [0.25, 0.3) is 11.8 Å². The molecule has 184 valence electrons. The van der Waals surface area contributed by atoms with Crippen LogP contribution in [-0.2, 0) is 16.0 Å². The number of anilines is 1. The van der Waals surface area contributed by atoms with E-state index in [9.17, 15) is 9.59 Å². The first-order chi connectivity index (χ1) is 17.4. The Morgan fingerprint density at radius 3 is 2.56 bits per heavy atom. The molecular formula is C28H26N2O4S2. The van der Waals surface area contributed by atoms with Crippen LogP contribution in [0.15, 0.2) is 77.7 Å². The van der Waals surface area contributed by atoms with Crippen LogP contribution in [0.1, 0.15) is 16.7 Å². The van der Waals surface area contributed by atoms with Gasteiger partial charge in [-0.05, 0) is 54.3 Å². The average Bonchev–Trinajstić information content (AvgIpc) is 3.15. The maximum Gasteiger partial charge on any atom is 0.266 e. The van der Waals surface area contributed by atoms with Crippen molar-refractivity contribution in [3.63, 3.8) is 0 Å². The molecule has 2 amide bonds. The largest absolute Gasteiger partial charge is 0.493 e. The number of para-hydroxylation sites is 1. The van der Waals surface area contributed by atoms with Gasteiger partial charge in [-0.15, -0.1) is 0 Å². The summed E-state index contributed by atoms with van der Waals surface area (Å²) in [4.78, 5) is 27.5. The maximum atomic E-state index is 13.0. The van der Waals surface area contributed by atoms with Crippen LogP contribution in [0.2, 0.25) is 0 Å². The Kier molecular flexibility index (Phi) is 8.40. The Labute approximate surface area is 220 Å². The van der Waals surface area contributed by atoms with Crippen molar-refractivity contribution in [2.45, 2.75) is 13.3 Å². The molecule has 3 aromatic carbocycles. The number of thiocarbonyl (C=S) groups is 1. The molecule has 1 saturated heterocycles. The van der Waals surface area contributed by atoms with E-state index in [1.807, 2.05) is 67.6 Å². The number of methoxy groups -OCH3 is 1. The Bertz CT molecular complexity index is 1310. The fourth-order valence-electron chi connectivity index (χ4n) is 3.67. The second kappa shape index (κ2) is 11.9. The number of hydrogen-bond acceptors (Lipinski definition) is 6. The summed E-state index contributed by atoms with van der Waals surface area (Å²) in [5, 5.41) is 2.84. The summed E-state index contributed by atoms with van der Waals surface area (Å²) in [5.41, 5.74) is 3.64. The minimum Gasteiger partial charge on any atom is -0.493 e. The van der Waals surface area contributed by atoms with Crippen LogP contribution in [0, 0.1) is 6.92 Å². The Morgan fingerprint density at radius 2 is 1.81 bits per heavy atom. The molecule has 0 radical (unpaired) electrons. The van der Waals surface area contributed by atoms with Crippen LogP contribution in [0.3, 0.4) is 0 Å². The number of benzene rings is 3. The molecule has 0 spiro atoms. The zero-order chi connectivity index (χ0) is 25.5. The fourth-order valence-corrected chi connectivity index (χ4v) is 4.97. The second-order valence-electron chi connectivity index (χ2n) is 8.13. The number of nitrogens with zero attached hydrogens (tertiary/aromatic N) is 1. The van der Waals surface area contributed by atoms with Gasteiger partial charge in [-0.3, -0.25) is 14.5 Å². The molecule has 1 fully saturated rings. The van der Waals surface area contributed by atoms with Crippen LogP contribution in [0.25, 0.3) is 6.08 Å². The predicted octanol–water partition coefficient (Wildman–Crippen LogP) is 5.47. The maximum absolute atomic E-state index is 13.0. The molecule has 3 aromatic rings. The summed E-state index contributed by atoms with van der Waals surface area (Å²) in [6.07, 6.45) is 2.52. The Morgan fingerprint density at radius 1 is 1.06 bits per heavy atom. The van der Waals surface area contributed by atoms with Gasteiger partial charge in [-0.1, -0.05) is 78.6 Å². The third-order valence-corrected chi connectivity index (χ3v) is 6.98. The first-order valence-corrected chi connectivity index (χ1v) is 12.6. The lowest BCUT2D eigenvalue weighted by molar-refractivity contribution is -0.122. The first-order valence-electron chi connectivity index (χ1n) is 11.4. The molecular weight excluding hydrogens is 492 g/mol. The molecule has 1 heterocycles. The normalized spacial score (nSPS) is 14.3. The summed E-state index contributed by atoms with van der Waals surface area (Å²) < 4.78 is 11.7. The number of hydrogen-bond donors (Lipinski definition) is 1. The van der Waals surface area contributed by atoms with Crippen molar-refractivity contribution in [1.82, 2.24) is 4.90 Å². The quantitative estimate of drug-likeness (QED) is 0.300. The van der Waals surface area contributed by atoms with Crippen molar-refractivity contribution < 1.29 is 19.1 Å². The van der Waals surface area contributed by atoms with Crippen molar-refractivity contribution in [3.8, 4) is 11.5 Å². The lowest BCUT2D eigenvalue weighted by Gasteiger charge is -2.14. The van der Waals surface area contributed by atoms with E-state index in [0.717, 1.165) is 28.8 Å². The molecule has 0 aromatic heterocycles. The van der Waals surface area contributed by atoms with Gasteiger partial charge < -0.3 is 14.8 Å². The molecule has 0 unspecified atom stereocenters. The SMILES string of the molecule is COc1cc(/C=C2\SC(=S)N(CCc3ccccc3)C2=O)ccc1OCC(=O)Nc1ccccc1C. The van der Waals surface area contributed by atoms with Gasteiger partial charge in [0, 0.05) is 12.2 Å². The number of rotatable bonds is 9. The number of thioether (sulfide) groups is 1. The van der Waals surface area contributed by atoms with E-state index in [1.54, 1.807) is 23.1 Å². The van der Waals surface area contributed by atoms with Crippen molar-refractivity contribution in [2.24, 2.45) is 0 Å². The van der Waals surface area contributed by atoms with Gasteiger partial charge in [0.1, 0.15) is 4.32 Å². The zero-order valence-electron chi connectivity index (χ0n) is 20.0. The molecule has 36 heavy (non-hydrogen) atoms. The number of carbonyl (C=O) groups is 2. The van der Waals surface area contributed by atoms with Crippen molar-refractivity contribution in [1.29, 1.82) is 0 Å². The molecule has 0 saturated carbocycles. The number of amides is 2. The van der Waals surface area contributed by atoms with E-state index in [2.05, 4.69) is 5.32 Å². The van der Waals surface area contributed by atoms with E-state index in [1.165, 1.54) is 18.9 Å². The van der Waals surface area contributed by atoms with Crippen LogP contribution >= 0.6 is 24.0 Å². The van der Waals surface area contributed by atoms with Crippen molar-refractivity contribution in [3.05, 3.63) is 94.4 Å². The van der Waals surface area contributed by atoms with Crippen LogP contribution < -0.4 is 14.8 Å². The average molecular weight is 519 g/mol. The topological polar surface area (TPSA) is 67.9 Å². The fraction of sp³-hybridized carbons (Fsp3) is 0.179. The molecule has 0 aliphatic carbocycles.